The predicted octanol–water partition coefficient (Wildman–Crippen LogP) is 1.85. The Kier molecular flexibility index (Phi) is 3.49. The minimum absolute atomic E-state index is 0.184. The molecule has 1 heterocycles. The van der Waals surface area contributed by atoms with E-state index in [4.69, 9.17) is 5.73 Å². The summed E-state index contributed by atoms with van der Waals surface area (Å²) in [5.41, 5.74) is 6.13. The molecular weight excluding hydrogens is 219 g/mol. The number of aromatic nitrogens is 2. The van der Waals surface area contributed by atoms with Crippen LogP contribution in [0.4, 0.5) is 16.2 Å². The lowest BCUT2D eigenvalue weighted by Gasteiger charge is -2.06. The number of nitrogens with zero attached hydrogens (tertiary/aromatic N) is 2. The first kappa shape index (κ1) is 11.3. The highest BCUT2D eigenvalue weighted by molar-refractivity contribution is 5.37. The van der Waals surface area contributed by atoms with Gasteiger partial charge in [-0.15, -0.1) is 0 Å². The molecule has 17 heavy (non-hydrogen) atoms. The molecule has 4 nitrogen and oxygen atoms in total. The Morgan fingerprint density at radius 2 is 2.06 bits per heavy atom. The van der Waals surface area contributed by atoms with E-state index in [2.05, 4.69) is 15.3 Å². The molecule has 0 saturated heterocycles. The van der Waals surface area contributed by atoms with Crippen LogP contribution in [-0.4, -0.2) is 16.5 Å². The quantitative estimate of drug-likeness (QED) is 0.844. The second-order valence-electron chi connectivity index (χ2n) is 3.57. The zero-order chi connectivity index (χ0) is 12.1. The van der Waals surface area contributed by atoms with Crippen LogP contribution < -0.4 is 11.1 Å². The fourth-order valence-corrected chi connectivity index (χ4v) is 1.50. The predicted molar refractivity (Wildman–Crippen MR) is 65.0 cm³/mol. The van der Waals surface area contributed by atoms with Gasteiger partial charge in [-0.05, 0) is 24.1 Å². The SMILES string of the molecule is Nc1nccc(NCCc2ccccc2F)n1. The summed E-state index contributed by atoms with van der Waals surface area (Å²) in [5.74, 6) is 0.686. The van der Waals surface area contributed by atoms with E-state index in [1.54, 1.807) is 24.4 Å². The maximum absolute atomic E-state index is 13.3. The lowest BCUT2D eigenvalue weighted by atomic mass is 10.1. The molecule has 88 valence electrons. The molecule has 0 aliphatic carbocycles. The molecule has 0 bridgehead atoms. The highest BCUT2D eigenvalue weighted by Crippen LogP contribution is 2.08. The first-order chi connectivity index (χ1) is 8.25. The zero-order valence-electron chi connectivity index (χ0n) is 9.23. The molecule has 0 fully saturated rings. The third-order valence-corrected chi connectivity index (χ3v) is 2.33. The van der Waals surface area contributed by atoms with Gasteiger partial charge in [0.25, 0.3) is 0 Å². The van der Waals surface area contributed by atoms with Crippen LogP contribution >= 0.6 is 0 Å². The summed E-state index contributed by atoms with van der Waals surface area (Å²) in [6.07, 6.45) is 2.17. The topological polar surface area (TPSA) is 63.8 Å². The van der Waals surface area contributed by atoms with Gasteiger partial charge in [-0.25, -0.2) is 9.37 Å². The Morgan fingerprint density at radius 3 is 2.82 bits per heavy atom. The number of rotatable bonds is 4. The van der Waals surface area contributed by atoms with Crippen LogP contribution in [0.25, 0.3) is 0 Å². The summed E-state index contributed by atoms with van der Waals surface area (Å²) in [6, 6.07) is 8.44. The summed E-state index contributed by atoms with van der Waals surface area (Å²) in [5, 5.41) is 3.06. The number of anilines is 2. The summed E-state index contributed by atoms with van der Waals surface area (Å²) in [6.45, 7) is 0.595. The molecule has 0 amide bonds. The van der Waals surface area contributed by atoms with Gasteiger partial charge in [0.15, 0.2) is 0 Å². The highest BCUT2D eigenvalue weighted by Gasteiger charge is 2.00. The van der Waals surface area contributed by atoms with Gasteiger partial charge in [-0.3, -0.25) is 0 Å². The number of benzene rings is 1. The van der Waals surface area contributed by atoms with Crippen molar-refractivity contribution in [2.45, 2.75) is 6.42 Å². The lowest BCUT2D eigenvalue weighted by molar-refractivity contribution is 0.610. The van der Waals surface area contributed by atoms with Crippen molar-refractivity contribution in [3.05, 3.63) is 47.9 Å². The van der Waals surface area contributed by atoms with E-state index in [9.17, 15) is 4.39 Å². The molecule has 1 aromatic heterocycles. The van der Waals surface area contributed by atoms with Gasteiger partial charge in [-0.2, -0.15) is 4.98 Å². The summed E-state index contributed by atoms with van der Waals surface area (Å²) < 4.78 is 13.3. The Labute approximate surface area is 98.7 Å². The van der Waals surface area contributed by atoms with Crippen LogP contribution in [0.5, 0.6) is 0 Å². The van der Waals surface area contributed by atoms with Crippen molar-refractivity contribution >= 4 is 11.8 Å². The normalized spacial score (nSPS) is 10.2. The second kappa shape index (κ2) is 5.25. The molecule has 2 rings (SSSR count). The fourth-order valence-electron chi connectivity index (χ4n) is 1.50. The second-order valence-corrected chi connectivity index (χ2v) is 3.57. The first-order valence-electron chi connectivity index (χ1n) is 5.31. The van der Waals surface area contributed by atoms with Gasteiger partial charge in [-0.1, -0.05) is 18.2 Å². The number of nitrogens with two attached hydrogens (primary N) is 1. The molecule has 3 N–H and O–H groups in total. The van der Waals surface area contributed by atoms with Crippen molar-refractivity contribution in [1.29, 1.82) is 0 Å². The van der Waals surface area contributed by atoms with Crippen molar-refractivity contribution in [2.24, 2.45) is 0 Å². The van der Waals surface area contributed by atoms with Crippen LogP contribution in [0.1, 0.15) is 5.56 Å². The molecule has 2 aromatic rings. The number of hydrogen-bond donors (Lipinski definition) is 2. The zero-order valence-corrected chi connectivity index (χ0v) is 9.23. The summed E-state index contributed by atoms with van der Waals surface area (Å²) in [4.78, 5) is 7.78. The molecule has 0 aliphatic rings. The third-order valence-electron chi connectivity index (χ3n) is 2.33. The summed E-state index contributed by atoms with van der Waals surface area (Å²) >= 11 is 0. The average molecular weight is 232 g/mol. The van der Waals surface area contributed by atoms with Gasteiger partial charge in [0.2, 0.25) is 5.95 Å². The molecule has 0 aliphatic heterocycles. The Hall–Kier alpha value is -2.17. The number of halogens is 1. The summed E-state index contributed by atoms with van der Waals surface area (Å²) in [7, 11) is 0. The van der Waals surface area contributed by atoms with E-state index in [1.165, 1.54) is 6.07 Å². The molecular formula is C12H13FN4. The maximum Gasteiger partial charge on any atom is 0.221 e. The van der Waals surface area contributed by atoms with E-state index in [-0.39, 0.29) is 11.8 Å². The van der Waals surface area contributed by atoms with Gasteiger partial charge in [0.1, 0.15) is 11.6 Å². The van der Waals surface area contributed by atoms with Gasteiger partial charge >= 0.3 is 0 Å². The highest BCUT2D eigenvalue weighted by atomic mass is 19.1. The Balaban J connectivity index is 1.90. The number of hydrogen-bond acceptors (Lipinski definition) is 4. The minimum atomic E-state index is -0.184. The third kappa shape index (κ3) is 3.14. The monoisotopic (exact) mass is 232 g/mol. The smallest absolute Gasteiger partial charge is 0.221 e. The lowest BCUT2D eigenvalue weighted by Crippen LogP contribution is -2.08. The largest absolute Gasteiger partial charge is 0.370 e. The van der Waals surface area contributed by atoms with E-state index < -0.39 is 0 Å². The standard InChI is InChI=1S/C12H13FN4/c13-10-4-2-1-3-9(10)5-7-15-11-6-8-16-12(14)17-11/h1-4,6,8H,5,7H2,(H3,14,15,16,17). The van der Waals surface area contributed by atoms with Crippen molar-refractivity contribution in [1.82, 2.24) is 9.97 Å². The average Bonchev–Trinajstić information content (AvgIpc) is 2.32. The molecule has 5 heteroatoms. The van der Waals surface area contributed by atoms with Crippen LogP contribution in [0.2, 0.25) is 0 Å². The van der Waals surface area contributed by atoms with Crippen molar-refractivity contribution in [2.75, 3.05) is 17.6 Å². The molecule has 0 saturated carbocycles. The van der Waals surface area contributed by atoms with E-state index in [0.717, 1.165) is 0 Å². The number of nitrogens with one attached hydrogen (secondary N) is 1. The van der Waals surface area contributed by atoms with Gasteiger partial charge < -0.3 is 11.1 Å². The van der Waals surface area contributed by atoms with E-state index in [0.29, 0.717) is 24.3 Å². The molecule has 1 aromatic carbocycles. The molecule has 0 radical (unpaired) electrons. The van der Waals surface area contributed by atoms with E-state index in [1.807, 2.05) is 6.07 Å². The molecule has 0 unspecified atom stereocenters. The Bertz CT molecular complexity index is 501. The Morgan fingerprint density at radius 1 is 1.24 bits per heavy atom. The maximum atomic E-state index is 13.3. The first-order valence-corrected chi connectivity index (χ1v) is 5.31. The molecule has 0 spiro atoms. The van der Waals surface area contributed by atoms with Crippen molar-refractivity contribution in [3.63, 3.8) is 0 Å². The van der Waals surface area contributed by atoms with Crippen molar-refractivity contribution in [3.8, 4) is 0 Å². The van der Waals surface area contributed by atoms with Gasteiger partial charge in [0.05, 0.1) is 0 Å². The van der Waals surface area contributed by atoms with Crippen LogP contribution in [0.3, 0.4) is 0 Å². The van der Waals surface area contributed by atoms with Crippen LogP contribution in [-0.2, 0) is 6.42 Å². The van der Waals surface area contributed by atoms with E-state index >= 15 is 0 Å². The fraction of sp³-hybridized carbons (Fsp3) is 0.167. The van der Waals surface area contributed by atoms with Crippen LogP contribution in [0, 0.1) is 5.82 Å². The van der Waals surface area contributed by atoms with Crippen LogP contribution in [0.15, 0.2) is 36.5 Å². The van der Waals surface area contributed by atoms with Gasteiger partial charge in [0, 0.05) is 12.7 Å². The minimum Gasteiger partial charge on any atom is -0.370 e. The number of nitrogen functional groups attached to an aromatic ring is 1. The molecule has 0 atom stereocenters. The van der Waals surface area contributed by atoms with Crippen molar-refractivity contribution < 1.29 is 4.39 Å².